The van der Waals surface area contributed by atoms with Crippen LogP contribution in [0.25, 0.3) is 0 Å². The maximum Gasteiger partial charge on any atom is 0.407 e. The van der Waals surface area contributed by atoms with Crippen molar-refractivity contribution < 1.29 is 14.7 Å². The van der Waals surface area contributed by atoms with Crippen LogP contribution in [0.1, 0.15) is 5.56 Å². The highest BCUT2D eigenvalue weighted by atomic mass is 16.4. The predicted molar refractivity (Wildman–Crippen MR) is 58.6 cm³/mol. The van der Waals surface area contributed by atoms with Gasteiger partial charge in [-0.25, -0.2) is 9.59 Å². The molecule has 16 heavy (non-hydrogen) atoms. The third-order valence-electron chi connectivity index (χ3n) is 2.17. The van der Waals surface area contributed by atoms with Gasteiger partial charge in [-0.15, -0.1) is 0 Å². The topological polar surface area (TPSA) is 70.0 Å². The Hall–Kier alpha value is -2.13. The fourth-order valence-corrected chi connectivity index (χ4v) is 1.18. The van der Waals surface area contributed by atoms with Gasteiger partial charge in [0.1, 0.15) is 0 Å². The van der Waals surface area contributed by atoms with Crippen molar-refractivity contribution in [3.8, 4) is 0 Å². The lowest BCUT2D eigenvalue weighted by Gasteiger charge is -2.12. The molecule has 1 N–H and O–H groups in total. The number of rotatable bonds is 4. The Morgan fingerprint density at radius 1 is 1.44 bits per heavy atom. The molecule has 0 aromatic heterocycles. The minimum absolute atomic E-state index is 0.436. The number of carbonyl (C=O) groups excluding carboxylic acids is 1. The van der Waals surface area contributed by atoms with Crippen molar-refractivity contribution in [3.63, 3.8) is 0 Å². The fourth-order valence-electron chi connectivity index (χ4n) is 1.18. The SMILES string of the molecule is CN(CCc1ccc(N=C=O)cc1)C(=O)O. The summed E-state index contributed by atoms with van der Waals surface area (Å²) in [7, 11) is 1.52. The number of nitrogens with zero attached hydrogens (tertiary/aromatic N) is 2. The average Bonchev–Trinajstić information content (AvgIpc) is 2.28. The zero-order chi connectivity index (χ0) is 12.0. The van der Waals surface area contributed by atoms with E-state index in [1.54, 1.807) is 12.1 Å². The fraction of sp³-hybridized carbons (Fsp3) is 0.273. The van der Waals surface area contributed by atoms with E-state index < -0.39 is 6.09 Å². The maximum absolute atomic E-state index is 10.5. The van der Waals surface area contributed by atoms with Gasteiger partial charge in [-0.2, -0.15) is 4.99 Å². The van der Waals surface area contributed by atoms with Crippen LogP contribution >= 0.6 is 0 Å². The highest BCUT2D eigenvalue weighted by molar-refractivity contribution is 5.64. The molecular weight excluding hydrogens is 208 g/mol. The second-order valence-electron chi connectivity index (χ2n) is 3.32. The Kier molecular flexibility index (Phi) is 4.24. The van der Waals surface area contributed by atoms with Gasteiger partial charge in [0.05, 0.1) is 5.69 Å². The summed E-state index contributed by atoms with van der Waals surface area (Å²) in [6.07, 6.45) is 1.15. The van der Waals surface area contributed by atoms with Gasteiger partial charge in [-0.05, 0) is 24.1 Å². The Bertz CT molecular complexity index is 408. The summed E-state index contributed by atoms with van der Waals surface area (Å²) in [5, 5.41) is 8.64. The molecule has 0 spiro atoms. The van der Waals surface area contributed by atoms with Crippen molar-refractivity contribution >= 4 is 17.9 Å². The monoisotopic (exact) mass is 220 g/mol. The summed E-state index contributed by atoms with van der Waals surface area (Å²) in [5.41, 5.74) is 1.54. The molecule has 0 saturated carbocycles. The Morgan fingerprint density at radius 2 is 2.06 bits per heavy atom. The number of carbonyl (C=O) groups is 1. The molecule has 1 aromatic carbocycles. The lowest BCUT2D eigenvalue weighted by molar-refractivity contribution is 0.156. The highest BCUT2D eigenvalue weighted by Gasteiger charge is 2.04. The van der Waals surface area contributed by atoms with Crippen LogP contribution in [0.4, 0.5) is 10.5 Å². The van der Waals surface area contributed by atoms with Crippen molar-refractivity contribution in [1.29, 1.82) is 0 Å². The van der Waals surface area contributed by atoms with Crippen LogP contribution in [0.5, 0.6) is 0 Å². The smallest absolute Gasteiger partial charge is 0.407 e. The minimum Gasteiger partial charge on any atom is -0.465 e. The third kappa shape index (κ3) is 3.55. The van der Waals surface area contributed by atoms with Gasteiger partial charge in [-0.3, -0.25) is 0 Å². The number of likely N-dealkylation sites (N-methyl/N-ethyl adjacent to an activating group) is 1. The first-order valence-electron chi connectivity index (χ1n) is 4.74. The van der Waals surface area contributed by atoms with Crippen molar-refractivity contribution in [3.05, 3.63) is 29.8 Å². The molecule has 0 saturated heterocycles. The summed E-state index contributed by atoms with van der Waals surface area (Å²) in [4.78, 5) is 25.2. The van der Waals surface area contributed by atoms with Crippen LogP contribution in [0.2, 0.25) is 0 Å². The lowest BCUT2D eigenvalue weighted by Crippen LogP contribution is -2.26. The van der Waals surface area contributed by atoms with E-state index in [-0.39, 0.29) is 0 Å². The van der Waals surface area contributed by atoms with Crippen LogP contribution in [0.3, 0.4) is 0 Å². The van der Waals surface area contributed by atoms with Gasteiger partial charge in [-0.1, -0.05) is 12.1 Å². The summed E-state index contributed by atoms with van der Waals surface area (Å²) in [6.45, 7) is 0.436. The molecule has 84 valence electrons. The Morgan fingerprint density at radius 3 is 2.56 bits per heavy atom. The van der Waals surface area contributed by atoms with Crippen LogP contribution in [-0.2, 0) is 11.2 Å². The van der Waals surface area contributed by atoms with Gasteiger partial charge in [0.15, 0.2) is 0 Å². The van der Waals surface area contributed by atoms with Crippen molar-refractivity contribution in [2.75, 3.05) is 13.6 Å². The van der Waals surface area contributed by atoms with E-state index in [0.717, 1.165) is 5.56 Å². The van der Waals surface area contributed by atoms with E-state index in [9.17, 15) is 9.59 Å². The number of isocyanates is 1. The molecule has 0 atom stereocenters. The summed E-state index contributed by atoms with van der Waals surface area (Å²) in [5.74, 6) is 0. The van der Waals surface area contributed by atoms with Crippen LogP contribution < -0.4 is 0 Å². The molecule has 1 amide bonds. The third-order valence-corrected chi connectivity index (χ3v) is 2.17. The molecule has 1 aromatic rings. The molecule has 0 aliphatic carbocycles. The van der Waals surface area contributed by atoms with Crippen LogP contribution in [0, 0.1) is 0 Å². The van der Waals surface area contributed by atoms with Crippen molar-refractivity contribution in [1.82, 2.24) is 4.90 Å². The van der Waals surface area contributed by atoms with E-state index >= 15 is 0 Å². The Balaban J connectivity index is 2.55. The van der Waals surface area contributed by atoms with Crippen LogP contribution in [0.15, 0.2) is 29.3 Å². The van der Waals surface area contributed by atoms with Gasteiger partial charge in [0.2, 0.25) is 6.08 Å². The zero-order valence-corrected chi connectivity index (χ0v) is 8.88. The number of hydrogen-bond donors (Lipinski definition) is 1. The molecule has 0 fully saturated rings. The van der Waals surface area contributed by atoms with Gasteiger partial charge >= 0.3 is 6.09 Å². The number of carboxylic acid groups (broad SMARTS) is 1. The van der Waals surface area contributed by atoms with Gasteiger partial charge in [0, 0.05) is 13.6 Å². The molecule has 0 unspecified atom stereocenters. The molecular formula is C11H12N2O3. The summed E-state index contributed by atoms with van der Waals surface area (Å²) in [6, 6.07) is 7.01. The molecule has 0 bridgehead atoms. The van der Waals surface area contributed by atoms with E-state index in [1.165, 1.54) is 18.0 Å². The quantitative estimate of drug-likeness (QED) is 0.621. The molecule has 5 heteroatoms. The van der Waals surface area contributed by atoms with E-state index in [4.69, 9.17) is 5.11 Å². The van der Waals surface area contributed by atoms with Gasteiger partial charge in [0.25, 0.3) is 0 Å². The predicted octanol–water partition coefficient (Wildman–Crippen LogP) is 1.81. The molecule has 0 aliphatic rings. The Labute approximate surface area is 93.0 Å². The number of aliphatic imine (C=N–C) groups is 1. The number of benzene rings is 1. The summed E-state index contributed by atoms with van der Waals surface area (Å²) < 4.78 is 0. The van der Waals surface area contributed by atoms with Crippen molar-refractivity contribution in [2.24, 2.45) is 4.99 Å². The normalized spacial score (nSPS) is 9.31. The molecule has 0 heterocycles. The standard InChI is InChI=1S/C11H12N2O3/c1-13(11(15)16)7-6-9-2-4-10(5-3-9)12-8-14/h2-5H,6-7H2,1H3,(H,15,16). The van der Waals surface area contributed by atoms with Crippen LogP contribution in [-0.4, -0.2) is 35.8 Å². The van der Waals surface area contributed by atoms with Crippen molar-refractivity contribution in [2.45, 2.75) is 6.42 Å². The minimum atomic E-state index is -0.942. The average molecular weight is 220 g/mol. The first-order valence-corrected chi connectivity index (χ1v) is 4.74. The molecule has 1 rings (SSSR count). The number of hydrogen-bond acceptors (Lipinski definition) is 3. The second-order valence-corrected chi connectivity index (χ2v) is 3.32. The lowest BCUT2D eigenvalue weighted by atomic mass is 10.1. The van der Waals surface area contributed by atoms with E-state index in [2.05, 4.69) is 4.99 Å². The first-order chi connectivity index (χ1) is 7.63. The number of amides is 1. The highest BCUT2D eigenvalue weighted by Crippen LogP contribution is 2.12. The second kappa shape index (κ2) is 5.68. The zero-order valence-electron chi connectivity index (χ0n) is 8.88. The molecule has 0 aliphatic heterocycles. The maximum atomic E-state index is 10.5. The summed E-state index contributed by atoms with van der Waals surface area (Å²) >= 11 is 0. The molecule has 5 nitrogen and oxygen atoms in total. The molecule has 0 radical (unpaired) electrons. The van der Waals surface area contributed by atoms with Gasteiger partial charge < -0.3 is 10.0 Å². The van der Waals surface area contributed by atoms with E-state index in [0.29, 0.717) is 18.7 Å². The first kappa shape index (κ1) is 11.9. The largest absolute Gasteiger partial charge is 0.465 e. The van der Waals surface area contributed by atoms with E-state index in [1.807, 2.05) is 12.1 Å².